The zero-order chi connectivity index (χ0) is 22.0. The second-order valence-corrected chi connectivity index (χ2v) is 9.78. The lowest BCUT2D eigenvalue weighted by Crippen LogP contribution is -2.43. The number of carbonyl (C=O) groups excluding carboxylic acids is 1. The van der Waals surface area contributed by atoms with Gasteiger partial charge in [0.1, 0.15) is 0 Å². The van der Waals surface area contributed by atoms with E-state index in [9.17, 15) is 4.79 Å². The van der Waals surface area contributed by atoms with Crippen LogP contribution in [0.5, 0.6) is 0 Å². The van der Waals surface area contributed by atoms with Crippen molar-refractivity contribution >= 4 is 11.7 Å². The van der Waals surface area contributed by atoms with Crippen molar-refractivity contribution in [1.82, 2.24) is 9.97 Å². The van der Waals surface area contributed by atoms with E-state index >= 15 is 0 Å². The van der Waals surface area contributed by atoms with E-state index in [2.05, 4.69) is 60.5 Å². The Morgan fingerprint density at radius 1 is 1.32 bits per heavy atom. The number of hydrogen-bond donors (Lipinski definition) is 1. The average molecular weight is 418 g/mol. The van der Waals surface area contributed by atoms with Gasteiger partial charge in [-0.05, 0) is 85.7 Å². The number of anilines is 1. The lowest BCUT2D eigenvalue weighted by atomic mass is 9.53. The van der Waals surface area contributed by atoms with Crippen molar-refractivity contribution in [3.63, 3.8) is 0 Å². The number of fused-ring (bicyclic) bond motifs is 3. The molecule has 3 aliphatic rings. The third-order valence-corrected chi connectivity index (χ3v) is 8.18. The van der Waals surface area contributed by atoms with Crippen LogP contribution < -0.4 is 5.32 Å². The molecule has 0 spiro atoms. The van der Waals surface area contributed by atoms with Gasteiger partial charge in [-0.3, -0.25) is 9.78 Å². The fourth-order valence-electron chi connectivity index (χ4n) is 6.62. The summed E-state index contributed by atoms with van der Waals surface area (Å²) in [5, 5.41) is 2.88. The summed E-state index contributed by atoms with van der Waals surface area (Å²) in [7, 11) is 0. The molecule has 5 atom stereocenters. The maximum atomic E-state index is 12.5. The van der Waals surface area contributed by atoms with Gasteiger partial charge < -0.3 is 5.32 Å². The van der Waals surface area contributed by atoms with Crippen molar-refractivity contribution in [2.45, 2.75) is 58.8 Å². The van der Waals surface area contributed by atoms with Crippen molar-refractivity contribution in [3.05, 3.63) is 66.7 Å². The highest BCUT2D eigenvalue weighted by molar-refractivity contribution is 5.89. The average Bonchev–Trinajstić information content (AvgIpc) is 3.03. The minimum absolute atomic E-state index is 0.0247. The number of carbonyl (C=O) groups is 1. The van der Waals surface area contributed by atoms with E-state index in [1.54, 1.807) is 18.6 Å². The predicted octanol–water partition coefficient (Wildman–Crippen LogP) is 6.27. The number of nitrogens with one attached hydrogen (secondary N) is 1. The van der Waals surface area contributed by atoms with E-state index in [0.717, 1.165) is 19.3 Å². The molecular weight excluding hydrogens is 382 g/mol. The Morgan fingerprint density at radius 3 is 2.90 bits per heavy atom. The van der Waals surface area contributed by atoms with Crippen LogP contribution in [0.2, 0.25) is 0 Å². The Labute approximate surface area is 186 Å². The number of allylic oxidation sites excluding steroid dienone is 6. The zero-order valence-corrected chi connectivity index (χ0v) is 18.9. The van der Waals surface area contributed by atoms with Crippen molar-refractivity contribution in [2.24, 2.45) is 29.1 Å². The minimum atomic E-state index is 0.0247. The van der Waals surface area contributed by atoms with Crippen LogP contribution in [0.4, 0.5) is 5.82 Å². The Kier molecular flexibility index (Phi) is 6.27. The molecule has 4 heteroatoms. The van der Waals surface area contributed by atoms with Crippen LogP contribution in [-0.4, -0.2) is 15.9 Å². The van der Waals surface area contributed by atoms with Crippen LogP contribution >= 0.6 is 0 Å². The lowest BCUT2D eigenvalue weighted by Gasteiger charge is -2.51. The first kappa shape index (κ1) is 21.7. The Balaban J connectivity index is 1.47. The maximum absolute atomic E-state index is 12.5. The Bertz CT molecular complexity index is 916. The van der Waals surface area contributed by atoms with Crippen LogP contribution in [-0.2, 0) is 4.79 Å². The molecule has 1 heterocycles. The van der Waals surface area contributed by atoms with Gasteiger partial charge in [-0.2, -0.15) is 0 Å². The van der Waals surface area contributed by atoms with Gasteiger partial charge >= 0.3 is 0 Å². The molecule has 0 bridgehead atoms. The molecule has 0 radical (unpaired) electrons. The number of nitrogens with zero attached hydrogens (tertiary/aromatic N) is 2. The monoisotopic (exact) mass is 417 g/mol. The van der Waals surface area contributed by atoms with Crippen molar-refractivity contribution in [1.29, 1.82) is 0 Å². The number of amides is 1. The molecular formula is C27H35N3O. The van der Waals surface area contributed by atoms with E-state index in [1.807, 2.05) is 0 Å². The molecule has 4 rings (SSSR count). The molecule has 3 aliphatic carbocycles. The highest BCUT2D eigenvalue weighted by Gasteiger charge is 2.55. The third-order valence-electron chi connectivity index (χ3n) is 8.18. The largest absolute Gasteiger partial charge is 0.309 e. The summed E-state index contributed by atoms with van der Waals surface area (Å²) in [6, 6.07) is 0. The first-order valence-electron chi connectivity index (χ1n) is 11.7. The molecule has 1 amide bonds. The molecule has 1 N–H and O–H groups in total. The van der Waals surface area contributed by atoms with E-state index in [4.69, 9.17) is 0 Å². The molecule has 3 unspecified atom stereocenters. The topological polar surface area (TPSA) is 54.9 Å². The van der Waals surface area contributed by atoms with E-state index in [-0.39, 0.29) is 11.3 Å². The van der Waals surface area contributed by atoms with E-state index in [1.165, 1.54) is 36.0 Å². The van der Waals surface area contributed by atoms with Gasteiger partial charge in [-0.25, -0.2) is 4.98 Å². The Hall–Kier alpha value is -2.49. The molecule has 0 aliphatic heterocycles. The van der Waals surface area contributed by atoms with Gasteiger partial charge in [0.05, 0.1) is 6.20 Å². The third kappa shape index (κ3) is 4.17. The summed E-state index contributed by atoms with van der Waals surface area (Å²) >= 11 is 0. The fraction of sp³-hybridized carbons (Fsp3) is 0.519. The minimum Gasteiger partial charge on any atom is -0.309 e. The van der Waals surface area contributed by atoms with Gasteiger partial charge in [-0.1, -0.05) is 43.9 Å². The van der Waals surface area contributed by atoms with Crippen LogP contribution in [0.25, 0.3) is 0 Å². The normalized spacial score (nSPS) is 34.1. The van der Waals surface area contributed by atoms with Crippen molar-refractivity contribution in [3.8, 4) is 0 Å². The van der Waals surface area contributed by atoms with Crippen LogP contribution in [0.1, 0.15) is 58.8 Å². The molecule has 0 aromatic carbocycles. The van der Waals surface area contributed by atoms with Gasteiger partial charge in [0.25, 0.3) is 0 Å². The molecule has 3 saturated carbocycles. The second-order valence-electron chi connectivity index (χ2n) is 9.78. The van der Waals surface area contributed by atoms with Crippen molar-refractivity contribution in [2.75, 3.05) is 5.32 Å². The SMILES string of the molecule is C=C1/C(=C\C=C/C)CCC2C1CC[C@]1(C)C(=C)C[C@@H](CCC(=O)Nc3cnccn3)C21. The highest BCUT2D eigenvalue weighted by atomic mass is 16.1. The summed E-state index contributed by atoms with van der Waals surface area (Å²) < 4.78 is 0. The predicted molar refractivity (Wildman–Crippen MR) is 126 cm³/mol. The first-order valence-corrected chi connectivity index (χ1v) is 11.7. The molecule has 1 aromatic heterocycles. The highest BCUT2D eigenvalue weighted by Crippen LogP contribution is 2.64. The van der Waals surface area contributed by atoms with Crippen LogP contribution in [0.3, 0.4) is 0 Å². The lowest BCUT2D eigenvalue weighted by molar-refractivity contribution is -0.116. The summed E-state index contributed by atoms with van der Waals surface area (Å²) in [5.41, 5.74) is 4.39. The summed E-state index contributed by atoms with van der Waals surface area (Å²) in [6.07, 6.45) is 18.5. The number of rotatable bonds is 5. The molecule has 4 nitrogen and oxygen atoms in total. The van der Waals surface area contributed by atoms with Gasteiger partial charge in [-0.15, -0.1) is 0 Å². The maximum Gasteiger partial charge on any atom is 0.225 e. The Morgan fingerprint density at radius 2 is 2.16 bits per heavy atom. The van der Waals surface area contributed by atoms with Crippen LogP contribution in [0, 0.1) is 29.1 Å². The summed E-state index contributed by atoms with van der Waals surface area (Å²) in [4.78, 5) is 20.7. The van der Waals surface area contributed by atoms with Gasteiger partial charge in [0, 0.05) is 18.8 Å². The van der Waals surface area contributed by atoms with E-state index < -0.39 is 0 Å². The van der Waals surface area contributed by atoms with Crippen LogP contribution in [0.15, 0.2) is 66.7 Å². The quantitative estimate of drug-likeness (QED) is 0.574. The summed E-state index contributed by atoms with van der Waals surface area (Å²) in [5.74, 6) is 2.90. The molecule has 1 aromatic rings. The number of hydrogen-bond acceptors (Lipinski definition) is 3. The number of aromatic nitrogens is 2. The second kappa shape index (κ2) is 8.94. The molecule has 0 saturated heterocycles. The standard InChI is InChI=1S/C27H35N3O/c1-5-6-7-20-8-10-23-22(19(20)3)12-13-27(4)18(2)16-21(26(23)27)9-11-25(31)30-24-17-28-14-15-29-24/h5-7,14-15,17,21-23,26H,2-3,8-13,16H2,1,4H3,(H,29,30,31)/b6-5-,20-7-/t21-,22?,23?,26?,27-/m1/s1. The first-order chi connectivity index (χ1) is 14.9. The van der Waals surface area contributed by atoms with Gasteiger partial charge in [0.2, 0.25) is 5.91 Å². The van der Waals surface area contributed by atoms with E-state index in [0.29, 0.717) is 35.9 Å². The molecule has 31 heavy (non-hydrogen) atoms. The zero-order valence-electron chi connectivity index (χ0n) is 18.9. The summed E-state index contributed by atoms with van der Waals surface area (Å²) in [6.45, 7) is 13.5. The molecule has 3 fully saturated rings. The fourth-order valence-corrected chi connectivity index (χ4v) is 6.62. The van der Waals surface area contributed by atoms with Crippen molar-refractivity contribution < 1.29 is 4.79 Å². The smallest absolute Gasteiger partial charge is 0.225 e. The molecule has 164 valence electrons. The van der Waals surface area contributed by atoms with Gasteiger partial charge in [0.15, 0.2) is 5.82 Å².